The Hall–Kier alpha value is -1.03. The van der Waals surface area contributed by atoms with Gasteiger partial charge in [0.25, 0.3) is 0 Å². The monoisotopic (exact) mass is 337 g/mol. The molecule has 3 atom stereocenters. The Bertz CT molecular complexity index is 491. The number of alkyl halides is 1. The first-order valence-corrected chi connectivity index (χ1v) is 8.33. The molecule has 0 spiro atoms. The molecule has 1 amide bonds. The number of hydrogen-bond donors (Lipinski definition) is 1. The van der Waals surface area contributed by atoms with Crippen molar-refractivity contribution in [3.8, 4) is 5.75 Å². The van der Waals surface area contributed by atoms with Crippen LogP contribution in [0.25, 0.3) is 0 Å². The summed E-state index contributed by atoms with van der Waals surface area (Å²) in [6, 6.07) is 8.15. The third-order valence-electron chi connectivity index (χ3n) is 4.28. The van der Waals surface area contributed by atoms with E-state index in [1.165, 1.54) is 12.8 Å². The second kappa shape index (κ2) is 6.17. The number of amides is 1. The number of carbonyl (C=O) groups excluding carboxylic acids is 1. The van der Waals surface area contributed by atoms with Gasteiger partial charge in [0.2, 0.25) is 5.91 Å². The van der Waals surface area contributed by atoms with Gasteiger partial charge in [-0.15, -0.1) is 0 Å². The van der Waals surface area contributed by atoms with Crippen LogP contribution in [0.1, 0.15) is 43.6 Å². The van der Waals surface area contributed by atoms with E-state index >= 15 is 0 Å². The van der Waals surface area contributed by atoms with E-state index in [0.717, 1.165) is 30.6 Å². The molecule has 20 heavy (non-hydrogen) atoms. The lowest BCUT2D eigenvalue weighted by atomic mass is 9.90. The molecule has 1 saturated carbocycles. The van der Waals surface area contributed by atoms with Crippen molar-refractivity contribution in [3.63, 3.8) is 0 Å². The van der Waals surface area contributed by atoms with Crippen LogP contribution < -0.4 is 10.1 Å². The van der Waals surface area contributed by atoms with Gasteiger partial charge in [0.1, 0.15) is 5.75 Å². The summed E-state index contributed by atoms with van der Waals surface area (Å²) in [6.45, 7) is 0.623. The van der Waals surface area contributed by atoms with Crippen LogP contribution in [-0.2, 0) is 4.79 Å². The van der Waals surface area contributed by atoms with Crippen LogP contribution in [0.5, 0.6) is 5.75 Å². The largest absolute Gasteiger partial charge is 0.493 e. The molecule has 1 aliphatic carbocycles. The molecule has 1 aliphatic heterocycles. The standard InChI is InChI=1S/C16H20BrNO2/c17-13-6-2-3-7-14(13)18-16(19)12-9-10-20-15-8-4-1-5-11(12)15/h1,4-5,8,12-14H,2-3,6-7,9-10H2,(H,18,19). The van der Waals surface area contributed by atoms with Crippen molar-refractivity contribution < 1.29 is 9.53 Å². The Labute approximate surface area is 128 Å². The zero-order chi connectivity index (χ0) is 13.9. The summed E-state index contributed by atoms with van der Waals surface area (Å²) >= 11 is 3.70. The summed E-state index contributed by atoms with van der Waals surface area (Å²) in [5, 5.41) is 3.24. The Morgan fingerprint density at radius 2 is 2.00 bits per heavy atom. The fourth-order valence-electron chi connectivity index (χ4n) is 3.15. The summed E-state index contributed by atoms with van der Waals surface area (Å²) < 4.78 is 5.63. The van der Waals surface area contributed by atoms with Crippen molar-refractivity contribution in [2.75, 3.05) is 6.61 Å². The van der Waals surface area contributed by atoms with E-state index in [2.05, 4.69) is 21.2 Å². The molecule has 4 heteroatoms. The molecule has 3 unspecified atom stereocenters. The molecule has 0 bridgehead atoms. The van der Waals surface area contributed by atoms with Crippen molar-refractivity contribution in [3.05, 3.63) is 29.8 Å². The SMILES string of the molecule is O=C(NC1CCCCC1Br)C1CCOc2ccccc21. The number of para-hydroxylation sites is 1. The van der Waals surface area contributed by atoms with Crippen LogP contribution in [0.3, 0.4) is 0 Å². The van der Waals surface area contributed by atoms with Crippen molar-refractivity contribution in [1.29, 1.82) is 0 Å². The maximum Gasteiger partial charge on any atom is 0.228 e. The molecular weight excluding hydrogens is 318 g/mol. The number of carbonyl (C=O) groups is 1. The first-order valence-electron chi connectivity index (χ1n) is 7.42. The lowest BCUT2D eigenvalue weighted by molar-refractivity contribution is -0.124. The predicted molar refractivity (Wildman–Crippen MR) is 82.4 cm³/mol. The first-order chi connectivity index (χ1) is 9.75. The van der Waals surface area contributed by atoms with Crippen LogP contribution in [0, 0.1) is 0 Å². The highest BCUT2D eigenvalue weighted by Crippen LogP contribution is 2.34. The number of fused-ring (bicyclic) bond motifs is 1. The van der Waals surface area contributed by atoms with Gasteiger partial charge in [0.05, 0.1) is 12.5 Å². The molecule has 1 aromatic rings. The summed E-state index contributed by atoms with van der Waals surface area (Å²) in [5.41, 5.74) is 1.03. The average Bonchev–Trinajstić information content (AvgIpc) is 2.49. The van der Waals surface area contributed by atoms with Gasteiger partial charge in [0, 0.05) is 16.4 Å². The molecule has 1 heterocycles. The predicted octanol–water partition coefficient (Wildman–Crippen LogP) is 3.38. The molecule has 3 nitrogen and oxygen atoms in total. The van der Waals surface area contributed by atoms with Gasteiger partial charge in [-0.05, 0) is 25.3 Å². The minimum Gasteiger partial charge on any atom is -0.493 e. The Morgan fingerprint density at radius 1 is 1.20 bits per heavy atom. The molecule has 1 fully saturated rings. The van der Waals surface area contributed by atoms with Gasteiger partial charge >= 0.3 is 0 Å². The van der Waals surface area contributed by atoms with Crippen molar-refractivity contribution >= 4 is 21.8 Å². The van der Waals surface area contributed by atoms with Crippen LogP contribution >= 0.6 is 15.9 Å². The highest BCUT2D eigenvalue weighted by atomic mass is 79.9. The number of hydrogen-bond acceptors (Lipinski definition) is 2. The van der Waals surface area contributed by atoms with Gasteiger partial charge in [0.15, 0.2) is 0 Å². The fourth-order valence-corrected chi connectivity index (χ4v) is 3.87. The van der Waals surface area contributed by atoms with E-state index in [-0.39, 0.29) is 17.9 Å². The summed E-state index contributed by atoms with van der Waals surface area (Å²) in [6.07, 6.45) is 5.45. The van der Waals surface area contributed by atoms with Gasteiger partial charge < -0.3 is 10.1 Å². The minimum absolute atomic E-state index is 0.0680. The van der Waals surface area contributed by atoms with Crippen LogP contribution in [-0.4, -0.2) is 23.4 Å². The van der Waals surface area contributed by atoms with E-state index in [9.17, 15) is 4.79 Å². The normalized spacial score (nSPS) is 29.1. The van der Waals surface area contributed by atoms with E-state index in [1.807, 2.05) is 24.3 Å². The number of nitrogens with one attached hydrogen (secondary N) is 1. The second-order valence-corrected chi connectivity index (χ2v) is 6.82. The van der Waals surface area contributed by atoms with Gasteiger partial charge in [-0.3, -0.25) is 4.79 Å². The Morgan fingerprint density at radius 3 is 2.85 bits per heavy atom. The number of ether oxygens (including phenoxy) is 1. The zero-order valence-electron chi connectivity index (χ0n) is 11.5. The maximum absolute atomic E-state index is 12.6. The molecule has 1 aromatic carbocycles. The summed E-state index contributed by atoms with van der Waals surface area (Å²) in [7, 11) is 0. The quantitative estimate of drug-likeness (QED) is 0.840. The molecule has 2 aliphatic rings. The summed E-state index contributed by atoms with van der Waals surface area (Å²) in [4.78, 5) is 13.0. The van der Waals surface area contributed by atoms with E-state index < -0.39 is 0 Å². The topological polar surface area (TPSA) is 38.3 Å². The highest BCUT2D eigenvalue weighted by Gasteiger charge is 2.31. The smallest absolute Gasteiger partial charge is 0.228 e. The van der Waals surface area contributed by atoms with E-state index in [4.69, 9.17) is 4.74 Å². The molecule has 0 aromatic heterocycles. The zero-order valence-corrected chi connectivity index (χ0v) is 13.1. The van der Waals surface area contributed by atoms with Crippen molar-refractivity contribution in [2.24, 2.45) is 0 Å². The van der Waals surface area contributed by atoms with Crippen LogP contribution in [0.15, 0.2) is 24.3 Å². The van der Waals surface area contributed by atoms with Crippen LogP contribution in [0.4, 0.5) is 0 Å². The van der Waals surface area contributed by atoms with Gasteiger partial charge in [-0.2, -0.15) is 0 Å². The number of rotatable bonds is 2. The van der Waals surface area contributed by atoms with Crippen LogP contribution in [0.2, 0.25) is 0 Å². The van der Waals surface area contributed by atoms with Crippen molar-refractivity contribution in [1.82, 2.24) is 5.32 Å². The van der Waals surface area contributed by atoms with Gasteiger partial charge in [-0.1, -0.05) is 47.0 Å². The summed E-state index contributed by atoms with van der Waals surface area (Å²) in [5.74, 6) is 0.941. The number of benzene rings is 1. The lowest BCUT2D eigenvalue weighted by Crippen LogP contribution is -2.45. The fraction of sp³-hybridized carbons (Fsp3) is 0.562. The Kier molecular flexibility index (Phi) is 4.29. The van der Waals surface area contributed by atoms with Crippen molar-refractivity contribution in [2.45, 2.75) is 48.9 Å². The van der Waals surface area contributed by atoms with Gasteiger partial charge in [-0.25, -0.2) is 0 Å². The first kappa shape index (κ1) is 13.9. The highest BCUT2D eigenvalue weighted by molar-refractivity contribution is 9.09. The molecule has 0 radical (unpaired) electrons. The van der Waals surface area contributed by atoms with E-state index in [0.29, 0.717) is 11.4 Å². The average molecular weight is 338 g/mol. The molecule has 0 saturated heterocycles. The third-order valence-corrected chi connectivity index (χ3v) is 5.38. The Balaban J connectivity index is 1.72. The molecule has 108 valence electrons. The second-order valence-electron chi connectivity index (χ2n) is 5.64. The number of halogens is 1. The minimum atomic E-state index is -0.0680. The third kappa shape index (κ3) is 2.85. The maximum atomic E-state index is 12.6. The molecule has 3 rings (SSSR count). The lowest BCUT2D eigenvalue weighted by Gasteiger charge is -2.31. The van der Waals surface area contributed by atoms with E-state index in [1.54, 1.807) is 0 Å². The molecule has 1 N–H and O–H groups in total. The molecular formula is C16H20BrNO2.